The van der Waals surface area contributed by atoms with Crippen molar-refractivity contribution in [3.8, 4) is 0 Å². The Kier molecular flexibility index (Phi) is 3.74. The molecule has 0 saturated carbocycles. The predicted molar refractivity (Wildman–Crippen MR) is 72.5 cm³/mol. The van der Waals surface area contributed by atoms with E-state index in [1.165, 1.54) is 0 Å². The molecule has 2 aromatic rings. The molecule has 4 heteroatoms. The third kappa shape index (κ3) is 2.82. The van der Waals surface area contributed by atoms with Crippen molar-refractivity contribution < 1.29 is 4.79 Å². The Balaban J connectivity index is 2.27. The standard InChI is InChI=1S/C13H13BrN2O/c1-9(8-14)15-13(17)12-7-6-10-4-2-3-5-11(10)16-12/h2-7,9H,8H2,1H3,(H,15,17). The van der Waals surface area contributed by atoms with Crippen LogP contribution in [-0.2, 0) is 0 Å². The van der Waals surface area contributed by atoms with Gasteiger partial charge in [0.05, 0.1) is 5.52 Å². The van der Waals surface area contributed by atoms with Crippen molar-refractivity contribution in [3.63, 3.8) is 0 Å². The number of pyridine rings is 1. The van der Waals surface area contributed by atoms with Crippen LogP contribution in [0.15, 0.2) is 36.4 Å². The third-order valence-electron chi connectivity index (χ3n) is 2.44. The van der Waals surface area contributed by atoms with Crippen LogP contribution >= 0.6 is 15.9 Å². The smallest absolute Gasteiger partial charge is 0.270 e. The molecule has 0 bridgehead atoms. The van der Waals surface area contributed by atoms with E-state index in [0.717, 1.165) is 16.2 Å². The molecule has 0 aliphatic heterocycles. The van der Waals surface area contributed by atoms with Crippen LogP contribution in [0.1, 0.15) is 17.4 Å². The molecule has 1 N–H and O–H groups in total. The fraction of sp³-hybridized carbons (Fsp3) is 0.231. The summed E-state index contributed by atoms with van der Waals surface area (Å²) in [5.41, 5.74) is 1.29. The van der Waals surface area contributed by atoms with Crippen LogP contribution in [0, 0.1) is 0 Å². The monoisotopic (exact) mass is 292 g/mol. The van der Waals surface area contributed by atoms with Gasteiger partial charge in [-0.15, -0.1) is 0 Å². The number of halogens is 1. The zero-order valence-corrected chi connectivity index (χ0v) is 11.1. The van der Waals surface area contributed by atoms with Gasteiger partial charge in [0, 0.05) is 16.8 Å². The number of nitrogens with one attached hydrogen (secondary N) is 1. The molecule has 0 fully saturated rings. The number of alkyl halides is 1. The summed E-state index contributed by atoms with van der Waals surface area (Å²) in [5.74, 6) is -0.136. The Morgan fingerprint density at radius 3 is 2.88 bits per heavy atom. The number of rotatable bonds is 3. The average molecular weight is 293 g/mol. The summed E-state index contributed by atoms with van der Waals surface area (Å²) in [6, 6.07) is 11.5. The van der Waals surface area contributed by atoms with E-state index in [4.69, 9.17) is 0 Å². The number of hydrogen-bond donors (Lipinski definition) is 1. The fourth-order valence-electron chi connectivity index (χ4n) is 1.53. The third-order valence-corrected chi connectivity index (χ3v) is 3.41. The highest BCUT2D eigenvalue weighted by molar-refractivity contribution is 9.09. The minimum absolute atomic E-state index is 0.0933. The van der Waals surface area contributed by atoms with Crippen molar-refractivity contribution in [2.75, 3.05) is 5.33 Å². The van der Waals surface area contributed by atoms with E-state index in [2.05, 4.69) is 26.2 Å². The summed E-state index contributed by atoms with van der Waals surface area (Å²) in [6.45, 7) is 1.94. The van der Waals surface area contributed by atoms with Gasteiger partial charge in [0.2, 0.25) is 0 Å². The van der Waals surface area contributed by atoms with Crippen LogP contribution < -0.4 is 5.32 Å². The maximum absolute atomic E-state index is 11.9. The van der Waals surface area contributed by atoms with E-state index in [0.29, 0.717) is 5.69 Å². The van der Waals surface area contributed by atoms with Gasteiger partial charge >= 0.3 is 0 Å². The second-order valence-electron chi connectivity index (χ2n) is 3.92. The molecular weight excluding hydrogens is 280 g/mol. The van der Waals surface area contributed by atoms with Gasteiger partial charge in [-0.25, -0.2) is 4.98 Å². The Labute approximate surface area is 108 Å². The Hall–Kier alpha value is -1.42. The van der Waals surface area contributed by atoms with Crippen molar-refractivity contribution >= 4 is 32.7 Å². The second kappa shape index (κ2) is 5.27. The van der Waals surface area contributed by atoms with Gasteiger partial charge in [-0.2, -0.15) is 0 Å². The molecule has 0 aliphatic carbocycles. The fourth-order valence-corrected chi connectivity index (χ4v) is 1.69. The molecule has 1 amide bonds. The first kappa shape index (κ1) is 12.0. The lowest BCUT2D eigenvalue weighted by Gasteiger charge is -2.10. The molecule has 0 radical (unpaired) electrons. The van der Waals surface area contributed by atoms with Crippen LogP contribution in [0.25, 0.3) is 10.9 Å². The minimum atomic E-state index is -0.136. The Morgan fingerprint density at radius 2 is 2.12 bits per heavy atom. The summed E-state index contributed by atoms with van der Waals surface area (Å²) in [4.78, 5) is 16.2. The minimum Gasteiger partial charge on any atom is -0.347 e. The first-order chi connectivity index (χ1) is 8.20. The van der Waals surface area contributed by atoms with E-state index < -0.39 is 0 Å². The Morgan fingerprint density at radius 1 is 1.35 bits per heavy atom. The normalized spacial score (nSPS) is 12.4. The molecule has 0 spiro atoms. The van der Waals surface area contributed by atoms with E-state index in [1.54, 1.807) is 6.07 Å². The molecule has 0 saturated heterocycles. The number of para-hydroxylation sites is 1. The maximum atomic E-state index is 11.9. The molecule has 1 aromatic heterocycles. The molecule has 0 aliphatic rings. The zero-order valence-electron chi connectivity index (χ0n) is 9.48. The highest BCUT2D eigenvalue weighted by atomic mass is 79.9. The summed E-state index contributed by atoms with van der Waals surface area (Å²) in [5, 5.41) is 4.63. The molecule has 3 nitrogen and oxygen atoms in total. The second-order valence-corrected chi connectivity index (χ2v) is 4.57. The number of aromatic nitrogens is 1. The lowest BCUT2D eigenvalue weighted by molar-refractivity contribution is 0.0939. The molecule has 88 valence electrons. The van der Waals surface area contributed by atoms with Gasteiger partial charge in [0.25, 0.3) is 5.91 Å². The number of hydrogen-bond acceptors (Lipinski definition) is 2. The average Bonchev–Trinajstić information content (AvgIpc) is 2.38. The highest BCUT2D eigenvalue weighted by Crippen LogP contribution is 2.11. The van der Waals surface area contributed by atoms with Crippen molar-refractivity contribution in [3.05, 3.63) is 42.1 Å². The quantitative estimate of drug-likeness (QED) is 0.884. The van der Waals surface area contributed by atoms with Gasteiger partial charge in [-0.05, 0) is 19.1 Å². The summed E-state index contributed by atoms with van der Waals surface area (Å²) in [6.07, 6.45) is 0. The predicted octanol–water partition coefficient (Wildman–Crippen LogP) is 2.75. The number of fused-ring (bicyclic) bond motifs is 1. The summed E-state index contributed by atoms with van der Waals surface area (Å²) >= 11 is 3.32. The number of carbonyl (C=O) groups excluding carboxylic acids is 1. The molecule has 1 aromatic carbocycles. The number of benzene rings is 1. The van der Waals surface area contributed by atoms with Crippen molar-refractivity contribution in [2.24, 2.45) is 0 Å². The van der Waals surface area contributed by atoms with Gasteiger partial charge in [-0.3, -0.25) is 4.79 Å². The van der Waals surface area contributed by atoms with Crippen LogP contribution in [0.2, 0.25) is 0 Å². The largest absolute Gasteiger partial charge is 0.347 e. The van der Waals surface area contributed by atoms with Crippen molar-refractivity contribution in [1.29, 1.82) is 0 Å². The molecule has 1 heterocycles. The van der Waals surface area contributed by atoms with Gasteiger partial charge in [0.1, 0.15) is 5.69 Å². The van der Waals surface area contributed by atoms with Gasteiger partial charge in [0.15, 0.2) is 0 Å². The summed E-state index contributed by atoms with van der Waals surface area (Å²) in [7, 11) is 0. The number of nitrogens with zero attached hydrogens (tertiary/aromatic N) is 1. The Bertz CT molecular complexity index is 542. The van der Waals surface area contributed by atoms with Gasteiger partial charge in [-0.1, -0.05) is 40.2 Å². The van der Waals surface area contributed by atoms with E-state index in [1.807, 2.05) is 37.3 Å². The zero-order chi connectivity index (χ0) is 12.3. The lowest BCUT2D eigenvalue weighted by atomic mass is 10.2. The summed E-state index contributed by atoms with van der Waals surface area (Å²) < 4.78 is 0. The van der Waals surface area contributed by atoms with Crippen LogP contribution in [0.3, 0.4) is 0 Å². The molecule has 1 atom stereocenters. The van der Waals surface area contributed by atoms with Gasteiger partial charge < -0.3 is 5.32 Å². The molecule has 2 rings (SSSR count). The SMILES string of the molecule is CC(CBr)NC(=O)c1ccc2ccccc2n1. The van der Waals surface area contributed by atoms with E-state index in [-0.39, 0.29) is 11.9 Å². The number of amides is 1. The lowest BCUT2D eigenvalue weighted by Crippen LogP contribution is -2.34. The molecule has 1 unspecified atom stereocenters. The van der Waals surface area contributed by atoms with Crippen LogP contribution in [0.5, 0.6) is 0 Å². The first-order valence-electron chi connectivity index (χ1n) is 5.43. The van der Waals surface area contributed by atoms with Crippen molar-refractivity contribution in [1.82, 2.24) is 10.3 Å². The maximum Gasteiger partial charge on any atom is 0.270 e. The van der Waals surface area contributed by atoms with Crippen molar-refractivity contribution in [2.45, 2.75) is 13.0 Å². The van der Waals surface area contributed by atoms with E-state index in [9.17, 15) is 4.79 Å². The first-order valence-corrected chi connectivity index (χ1v) is 6.55. The highest BCUT2D eigenvalue weighted by Gasteiger charge is 2.10. The molecule has 17 heavy (non-hydrogen) atoms. The topological polar surface area (TPSA) is 42.0 Å². The van der Waals surface area contributed by atoms with Crippen LogP contribution in [-0.4, -0.2) is 22.3 Å². The molecular formula is C13H13BrN2O. The van der Waals surface area contributed by atoms with Crippen LogP contribution in [0.4, 0.5) is 0 Å². The van der Waals surface area contributed by atoms with E-state index >= 15 is 0 Å². The number of carbonyl (C=O) groups is 1.